The Morgan fingerprint density at radius 3 is 1.42 bits per heavy atom. The van der Waals surface area contributed by atoms with Gasteiger partial charge in [0.2, 0.25) is 11.8 Å². The summed E-state index contributed by atoms with van der Waals surface area (Å²) >= 11 is 0. The van der Waals surface area contributed by atoms with E-state index in [1.54, 1.807) is 0 Å². The van der Waals surface area contributed by atoms with Gasteiger partial charge in [-0.25, -0.2) is 0 Å². The van der Waals surface area contributed by atoms with E-state index in [0.717, 1.165) is 0 Å². The summed E-state index contributed by atoms with van der Waals surface area (Å²) in [6.07, 6.45) is 0.748. The van der Waals surface area contributed by atoms with Gasteiger partial charge in [-0.15, -0.1) is 0 Å². The van der Waals surface area contributed by atoms with Crippen LogP contribution in [0.3, 0.4) is 0 Å². The number of hydrogen-bond donors (Lipinski definition) is 3. The number of imide groups is 1. The van der Waals surface area contributed by atoms with E-state index >= 15 is 0 Å². The largest absolute Gasteiger partial charge is 0.394 e. The van der Waals surface area contributed by atoms with Crippen molar-refractivity contribution in [1.82, 2.24) is 5.32 Å². The molecule has 0 saturated carbocycles. The number of amides is 2. The molecule has 0 aliphatic carbocycles. The Morgan fingerprint density at radius 1 is 1.08 bits per heavy atom. The number of carbonyl (C=O) groups is 2. The Balaban J connectivity index is 0.000000217. The molecule has 1 rings (SSSR count). The highest BCUT2D eigenvalue weighted by Crippen LogP contribution is 1.95. The van der Waals surface area contributed by atoms with Crippen LogP contribution < -0.4 is 5.32 Å². The van der Waals surface area contributed by atoms with Crippen LogP contribution in [0.2, 0.25) is 0 Å². The van der Waals surface area contributed by atoms with Gasteiger partial charge in [0.25, 0.3) is 0 Å². The zero-order valence-electron chi connectivity index (χ0n) is 5.85. The minimum absolute atomic E-state index is 0.148. The average Bonchev–Trinajstić information content (AvgIpc) is 2.09. The van der Waals surface area contributed by atoms with Crippen molar-refractivity contribution in [2.75, 3.05) is 0 Å². The molecule has 0 spiro atoms. The standard InChI is InChI=1S/C4H5NO2.H2O4S/c6-3-1-2-4(7)5-3;1-5(2,3)4/h1-2H2,(H,5,6,7);(H2,1,2,3,4). The second-order valence-electron chi connectivity index (χ2n) is 1.92. The van der Waals surface area contributed by atoms with Crippen molar-refractivity contribution in [3.63, 3.8) is 0 Å². The van der Waals surface area contributed by atoms with Gasteiger partial charge < -0.3 is 0 Å². The van der Waals surface area contributed by atoms with E-state index in [0.29, 0.717) is 12.8 Å². The molecule has 0 bridgehead atoms. The van der Waals surface area contributed by atoms with Crippen molar-refractivity contribution in [3.8, 4) is 0 Å². The van der Waals surface area contributed by atoms with Crippen LogP contribution in [0.5, 0.6) is 0 Å². The number of nitrogens with one attached hydrogen (secondary N) is 1. The second kappa shape index (κ2) is 4.14. The quantitative estimate of drug-likeness (QED) is 0.330. The smallest absolute Gasteiger partial charge is 0.296 e. The summed E-state index contributed by atoms with van der Waals surface area (Å²) in [5.41, 5.74) is 0. The van der Waals surface area contributed by atoms with Gasteiger partial charge in [-0.1, -0.05) is 0 Å². The third kappa shape index (κ3) is 9.01. The van der Waals surface area contributed by atoms with Crippen LogP contribution in [0.1, 0.15) is 12.8 Å². The Bertz CT molecular complexity index is 258. The lowest BCUT2D eigenvalue weighted by molar-refractivity contribution is -0.124. The average molecular weight is 197 g/mol. The predicted octanol–water partition coefficient (Wildman–Crippen LogP) is -1.23. The predicted molar refractivity (Wildman–Crippen MR) is 36.6 cm³/mol. The normalized spacial score (nSPS) is 16.5. The van der Waals surface area contributed by atoms with Crippen LogP contribution in [-0.2, 0) is 20.0 Å². The fraction of sp³-hybridized carbons (Fsp3) is 0.500. The van der Waals surface area contributed by atoms with Crippen molar-refractivity contribution in [3.05, 3.63) is 0 Å². The van der Waals surface area contributed by atoms with Gasteiger partial charge in [0.05, 0.1) is 0 Å². The molecular formula is C4H7NO6S. The highest BCUT2D eigenvalue weighted by Gasteiger charge is 2.15. The Hall–Kier alpha value is -0.990. The van der Waals surface area contributed by atoms with Crippen molar-refractivity contribution in [2.45, 2.75) is 12.8 Å². The van der Waals surface area contributed by atoms with Crippen LogP contribution in [-0.4, -0.2) is 29.3 Å². The summed E-state index contributed by atoms with van der Waals surface area (Å²) < 4.78 is 31.6. The molecule has 12 heavy (non-hydrogen) atoms. The van der Waals surface area contributed by atoms with Gasteiger partial charge in [0, 0.05) is 12.8 Å². The molecule has 8 heteroatoms. The van der Waals surface area contributed by atoms with Gasteiger partial charge in [0.1, 0.15) is 0 Å². The van der Waals surface area contributed by atoms with E-state index in [9.17, 15) is 9.59 Å². The van der Waals surface area contributed by atoms with Gasteiger partial charge in [0.15, 0.2) is 0 Å². The fourth-order valence-electron chi connectivity index (χ4n) is 0.508. The van der Waals surface area contributed by atoms with E-state index in [-0.39, 0.29) is 11.8 Å². The lowest BCUT2D eigenvalue weighted by Crippen LogP contribution is -2.18. The van der Waals surface area contributed by atoms with Crippen molar-refractivity contribution >= 4 is 22.2 Å². The van der Waals surface area contributed by atoms with Crippen LogP contribution in [0.15, 0.2) is 0 Å². The van der Waals surface area contributed by atoms with Gasteiger partial charge in [-0.3, -0.25) is 24.0 Å². The maximum atomic E-state index is 10.1. The molecule has 0 unspecified atom stereocenters. The van der Waals surface area contributed by atoms with E-state index in [1.165, 1.54) is 0 Å². The zero-order chi connectivity index (χ0) is 9.78. The van der Waals surface area contributed by atoms with E-state index < -0.39 is 10.4 Å². The molecule has 7 nitrogen and oxygen atoms in total. The summed E-state index contributed by atoms with van der Waals surface area (Å²) in [5, 5.41) is 2.14. The maximum absolute atomic E-state index is 10.1. The second-order valence-corrected chi connectivity index (χ2v) is 2.81. The molecule has 1 aliphatic heterocycles. The molecule has 1 saturated heterocycles. The van der Waals surface area contributed by atoms with Gasteiger partial charge >= 0.3 is 10.4 Å². The van der Waals surface area contributed by atoms with Crippen LogP contribution >= 0.6 is 0 Å². The lowest BCUT2D eigenvalue weighted by Gasteiger charge is -1.79. The topological polar surface area (TPSA) is 121 Å². The molecular weight excluding hydrogens is 190 g/mol. The summed E-state index contributed by atoms with van der Waals surface area (Å²) in [5.74, 6) is -0.296. The number of carbonyl (C=O) groups excluding carboxylic acids is 2. The van der Waals surface area contributed by atoms with Gasteiger partial charge in [-0.2, -0.15) is 8.42 Å². The van der Waals surface area contributed by atoms with Crippen LogP contribution in [0.25, 0.3) is 0 Å². The molecule has 2 amide bonds. The molecule has 0 radical (unpaired) electrons. The third-order valence-electron chi connectivity index (χ3n) is 0.858. The monoisotopic (exact) mass is 197 g/mol. The molecule has 1 heterocycles. The molecule has 70 valence electrons. The minimum atomic E-state index is -4.67. The number of hydrogen-bond acceptors (Lipinski definition) is 4. The summed E-state index contributed by atoms with van der Waals surface area (Å²) in [6, 6.07) is 0. The minimum Gasteiger partial charge on any atom is -0.296 e. The highest BCUT2D eigenvalue weighted by atomic mass is 32.3. The molecule has 0 aromatic rings. The first-order valence-electron chi connectivity index (χ1n) is 2.81. The first kappa shape index (κ1) is 11.0. The summed E-state index contributed by atoms with van der Waals surface area (Å²) in [6.45, 7) is 0. The molecule has 0 aromatic heterocycles. The lowest BCUT2D eigenvalue weighted by atomic mass is 10.4. The van der Waals surface area contributed by atoms with Crippen molar-refractivity contribution in [1.29, 1.82) is 0 Å². The van der Waals surface area contributed by atoms with Crippen molar-refractivity contribution in [2.24, 2.45) is 0 Å². The number of rotatable bonds is 0. The SMILES string of the molecule is O=C1CCC(=O)N1.O=S(=O)(O)O. The fourth-order valence-corrected chi connectivity index (χ4v) is 0.508. The molecule has 0 atom stereocenters. The Morgan fingerprint density at radius 2 is 1.33 bits per heavy atom. The van der Waals surface area contributed by atoms with E-state index in [1.807, 2.05) is 0 Å². The molecule has 1 aliphatic rings. The maximum Gasteiger partial charge on any atom is 0.394 e. The third-order valence-corrected chi connectivity index (χ3v) is 0.858. The Kier molecular flexibility index (Phi) is 3.80. The van der Waals surface area contributed by atoms with E-state index in [4.69, 9.17) is 17.5 Å². The van der Waals surface area contributed by atoms with Crippen LogP contribution in [0, 0.1) is 0 Å². The molecule has 0 aromatic carbocycles. The zero-order valence-corrected chi connectivity index (χ0v) is 6.67. The summed E-state index contributed by atoms with van der Waals surface area (Å²) in [7, 11) is -4.67. The van der Waals surface area contributed by atoms with Crippen LogP contribution in [0.4, 0.5) is 0 Å². The van der Waals surface area contributed by atoms with Gasteiger partial charge in [-0.05, 0) is 0 Å². The van der Waals surface area contributed by atoms with Crippen molar-refractivity contribution < 1.29 is 27.1 Å². The first-order valence-corrected chi connectivity index (χ1v) is 4.21. The highest BCUT2D eigenvalue weighted by molar-refractivity contribution is 7.79. The molecule has 1 fully saturated rings. The molecule has 3 N–H and O–H groups in total. The first-order chi connectivity index (χ1) is 5.29. The Labute approximate surface area is 68.3 Å². The summed E-state index contributed by atoms with van der Waals surface area (Å²) in [4.78, 5) is 20.2. The van der Waals surface area contributed by atoms with E-state index in [2.05, 4.69) is 5.32 Å².